The minimum atomic E-state index is -1.69. The van der Waals surface area contributed by atoms with E-state index in [-0.39, 0.29) is 23.2 Å². The number of amides is 2. The van der Waals surface area contributed by atoms with E-state index in [9.17, 15) is 14.4 Å². The van der Waals surface area contributed by atoms with Crippen molar-refractivity contribution < 1.29 is 14.4 Å². The van der Waals surface area contributed by atoms with Crippen LogP contribution in [0.5, 0.6) is 0 Å². The summed E-state index contributed by atoms with van der Waals surface area (Å²) >= 11 is 1.52. The van der Waals surface area contributed by atoms with Crippen LogP contribution in [0.3, 0.4) is 0 Å². The van der Waals surface area contributed by atoms with Gasteiger partial charge >= 0.3 is 6.03 Å². The van der Waals surface area contributed by atoms with Crippen molar-refractivity contribution in [1.82, 2.24) is 0 Å². The molecule has 0 aromatic heterocycles. The molecule has 0 bridgehead atoms. The van der Waals surface area contributed by atoms with Gasteiger partial charge in [0, 0.05) is 21.6 Å². The Bertz CT molecular complexity index is 1570. The number of carbonyl (C=O) groups is 3. The third-order valence-corrected chi connectivity index (χ3v) is 9.77. The summed E-state index contributed by atoms with van der Waals surface area (Å²) in [7, 11) is 0. The van der Waals surface area contributed by atoms with Crippen molar-refractivity contribution in [2.24, 2.45) is 38.7 Å². The Hall–Kier alpha value is -4.82. The Morgan fingerprint density at radius 2 is 0.905 bits per heavy atom. The largest absolute Gasteiger partial charge is 0.386 e. The number of nitrogens with two attached hydrogens (primary N) is 2. The van der Waals surface area contributed by atoms with Crippen molar-refractivity contribution in [1.29, 1.82) is 0 Å². The summed E-state index contributed by atoms with van der Waals surface area (Å²) in [6, 6.07) is 36.1. The predicted octanol–water partition coefficient (Wildman–Crippen LogP) is 6.05. The van der Waals surface area contributed by atoms with Crippen LogP contribution >= 0.6 is 11.8 Å². The van der Waals surface area contributed by atoms with Gasteiger partial charge in [-0.25, -0.2) is 4.79 Å². The molecule has 4 unspecified atom stereocenters. The van der Waals surface area contributed by atoms with E-state index in [0.29, 0.717) is 11.1 Å². The van der Waals surface area contributed by atoms with Crippen LogP contribution in [0.15, 0.2) is 131 Å². The monoisotopic (exact) mass is 572 g/mol. The number of benzene rings is 4. The molecule has 4 N–H and O–H groups in total. The van der Waals surface area contributed by atoms with Crippen LogP contribution in [0.4, 0.5) is 4.79 Å². The summed E-state index contributed by atoms with van der Waals surface area (Å²) in [4.78, 5) is 50.3. The Kier molecular flexibility index (Phi) is 7.31. The van der Waals surface area contributed by atoms with Crippen molar-refractivity contribution >= 4 is 41.0 Å². The van der Waals surface area contributed by atoms with E-state index < -0.39 is 33.8 Å². The fourth-order valence-corrected chi connectivity index (χ4v) is 8.19. The minimum absolute atomic E-state index is 0.175. The van der Waals surface area contributed by atoms with Gasteiger partial charge in [0.1, 0.15) is 17.1 Å². The van der Waals surface area contributed by atoms with Crippen LogP contribution in [0.2, 0.25) is 0 Å². The van der Waals surface area contributed by atoms with Crippen LogP contribution in [0.1, 0.15) is 42.3 Å². The molecule has 6 rings (SSSR count). The minimum Gasteiger partial charge on any atom is -0.386 e. The lowest BCUT2D eigenvalue weighted by molar-refractivity contribution is 0.0718. The molecule has 8 heteroatoms. The Morgan fingerprint density at radius 3 is 1.26 bits per heavy atom. The average Bonchev–Trinajstić information content (AvgIpc) is 3.04. The third kappa shape index (κ3) is 4.54. The van der Waals surface area contributed by atoms with Crippen LogP contribution in [-0.2, 0) is 0 Å². The SMILES string of the molecule is NC1=NC(=O)N=C(N)C12C(C(=O)c1ccccc1)C(c1ccccc1)SC(c1ccccc1)C2C(=O)c1ccccc1. The summed E-state index contributed by atoms with van der Waals surface area (Å²) in [5, 5.41) is -1.03. The van der Waals surface area contributed by atoms with Crippen LogP contribution in [-0.4, -0.2) is 29.3 Å². The van der Waals surface area contributed by atoms with Crippen molar-refractivity contribution in [3.8, 4) is 0 Å². The Labute approximate surface area is 247 Å². The average molecular weight is 573 g/mol. The second-order valence-corrected chi connectivity index (χ2v) is 11.6. The van der Waals surface area contributed by atoms with Crippen molar-refractivity contribution in [2.45, 2.75) is 10.5 Å². The van der Waals surface area contributed by atoms with Gasteiger partial charge in [-0.2, -0.15) is 9.98 Å². The molecule has 2 aliphatic heterocycles. The molecular formula is C34H28N4O3S. The lowest BCUT2D eigenvalue weighted by Gasteiger charge is -2.54. The normalized spacial score (nSPS) is 23.1. The molecule has 2 heterocycles. The quantitative estimate of drug-likeness (QED) is 0.271. The highest BCUT2D eigenvalue weighted by Crippen LogP contribution is 2.64. The summed E-state index contributed by atoms with van der Waals surface area (Å²) in [6.45, 7) is 0. The number of nitrogens with zero attached hydrogens (tertiary/aromatic N) is 2. The zero-order valence-electron chi connectivity index (χ0n) is 22.5. The van der Waals surface area contributed by atoms with Gasteiger partial charge in [0.05, 0.1) is 11.8 Å². The first-order chi connectivity index (χ1) is 20.4. The number of Topliss-reactive ketones (excluding diaryl/α,β-unsaturated/α-hetero) is 2. The van der Waals surface area contributed by atoms with Crippen molar-refractivity contribution in [3.05, 3.63) is 144 Å². The standard InChI is InChI=1S/C34H28N4O3S/c35-31-34(32(36)38-33(41)37-31)25(27(39)21-13-5-1-6-14-21)29(23-17-9-3-10-18-23)42-30(24-19-11-4-12-20-24)26(34)28(40)22-15-7-2-8-16-22/h1-20,25-26,29-30H,(H4,35,36,37,38,41). The number of urea groups is 1. The van der Waals surface area contributed by atoms with Gasteiger partial charge in [-0.05, 0) is 11.1 Å². The number of amidine groups is 2. The maximum atomic E-state index is 14.7. The summed E-state index contributed by atoms with van der Waals surface area (Å²) in [5.41, 5.74) is 14.4. The summed E-state index contributed by atoms with van der Waals surface area (Å²) in [6.07, 6.45) is 0. The van der Waals surface area contributed by atoms with E-state index in [0.717, 1.165) is 11.1 Å². The molecule has 208 valence electrons. The number of hydrogen-bond donors (Lipinski definition) is 2. The van der Waals surface area contributed by atoms with E-state index in [2.05, 4.69) is 9.98 Å². The maximum absolute atomic E-state index is 14.7. The van der Waals surface area contributed by atoms with Crippen LogP contribution < -0.4 is 11.5 Å². The lowest BCUT2D eigenvalue weighted by Crippen LogP contribution is -2.65. The second-order valence-electron chi connectivity index (χ2n) is 10.4. The highest BCUT2D eigenvalue weighted by atomic mass is 32.2. The number of thioether (sulfide) groups is 1. The number of ketones is 2. The molecule has 1 spiro atoms. The first-order valence-corrected chi connectivity index (χ1v) is 14.5. The third-order valence-electron chi connectivity index (χ3n) is 8.10. The Balaban J connectivity index is 1.69. The molecule has 4 aromatic rings. The second kappa shape index (κ2) is 11.2. The molecular weight excluding hydrogens is 544 g/mol. The van der Waals surface area contributed by atoms with E-state index in [1.807, 2.05) is 72.8 Å². The van der Waals surface area contributed by atoms with Crippen LogP contribution in [0.25, 0.3) is 0 Å². The number of rotatable bonds is 6. The molecule has 2 aliphatic rings. The fraction of sp³-hybridized carbons (Fsp3) is 0.147. The maximum Gasteiger partial charge on any atom is 0.370 e. The number of carbonyl (C=O) groups excluding carboxylic acids is 3. The predicted molar refractivity (Wildman–Crippen MR) is 166 cm³/mol. The fourth-order valence-electron chi connectivity index (χ4n) is 6.25. The number of hydrogen-bond acceptors (Lipinski definition) is 6. The van der Waals surface area contributed by atoms with Gasteiger partial charge in [0.25, 0.3) is 0 Å². The van der Waals surface area contributed by atoms with E-state index >= 15 is 0 Å². The van der Waals surface area contributed by atoms with Crippen molar-refractivity contribution in [3.63, 3.8) is 0 Å². The first kappa shape index (κ1) is 27.4. The highest BCUT2D eigenvalue weighted by Gasteiger charge is 2.66. The molecule has 1 fully saturated rings. The van der Waals surface area contributed by atoms with E-state index in [1.165, 1.54) is 11.8 Å². The summed E-state index contributed by atoms with van der Waals surface area (Å²) in [5.74, 6) is -2.90. The molecule has 2 amide bonds. The zero-order valence-corrected chi connectivity index (χ0v) is 23.4. The van der Waals surface area contributed by atoms with Crippen LogP contribution in [0, 0.1) is 17.3 Å². The van der Waals surface area contributed by atoms with E-state index in [1.54, 1.807) is 48.5 Å². The molecule has 1 saturated heterocycles. The zero-order chi connectivity index (χ0) is 29.3. The van der Waals surface area contributed by atoms with Gasteiger partial charge < -0.3 is 11.5 Å². The van der Waals surface area contributed by atoms with Gasteiger partial charge in [-0.15, -0.1) is 11.8 Å². The lowest BCUT2D eigenvalue weighted by atomic mass is 9.56. The molecule has 0 radical (unpaired) electrons. The molecule has 0 aliphatic carbocycles. The molecule has 42 heavy (non-hydrogen) atoms. The molecule has 4 atom stereocenters. The van der Waals surface area contributed by atoms with Crippen molar-refractivity contribution in [2.75, 3.05) is 0 Å². The van der Waals surface area contributed by atoms with Gasteiger partial charge in [-0.1, -0.05) is 121 Å². The summed E-state index contributed by atoms with van der Waals surface area (Å²) < 4.78 is 0. The molecule has 4 aromatic carbocycles. The smallest absolute Gasteiger partial charge is 0.370 e. The molecule has 0 saturated carbocycles. The Morgan fingerprint density at radius 1 is 0.571 bits per heavy atom. The highest BCUT2D eigenvalue weighted by molar-refractivity contribution is 7.99. The number of aliphatic imine (C=N–C) groups is 2. The van der Waals surface area contributed by atoms with E-state index in [4.69, 9.17) is 11.5 Å². The molecule has 7 nitrogen and oxygen atoms in total. The van der Waals surface area contributed by atoms with Gasteiger partial charge in [0.2, 0.25) is 0 Å². The van der Waals surface area contributed by atoms with Gasteiger partial charge in [0.15, 0.2) is 11.6 Å². The first-order valence-electron chi connectivity index (χ1n) is 13.6. The van der Waals surface area contributed by atoms with Gasteiger partial charge in [-0.3, -0.25) is 9.59 Å². The topological polar surface area (TPSA) is 128 Å².